The van der Waals surface area contributed by atoms with Gasteiger partial charge < -0.3 is 0 Å². The smallest absolute Gasteiger partial charge is 0.0227 e. The summed E-state index contributed by atoms with van der Waals surface area (Å²) in [5.41, 5.74) is 1.32. The van der Waals surface area contributed by atoms with Crippen LogP contribution in [0.25, 0.3) is 0 Å². The molecule has 1 rings (SSSR count). The fourth-order valence-electron chi connectivity index (χ4n) is 1.03. The van der Waals surface area contributed by atoms with Gasteiger partial charge in [-0.15, -0.1) is 0 Å². The van der Waals surface area contributed by atoms with E-state index in [4.69, 9.17) is 0 Å². The third kappa shape index (κ3) is 4.26. The van der Waals surface area contributed by atoms with Gasteiger partial charge in [0.25, 0.3) is 0 Å². The van der Waals surface area contributed by atoms with Crippen LogP contribution in [0.15, 0.2) is 47.6 Å². The molecule has 0 atom stereocenters. The van der Waals surface area contributed by atoms with Crippen LogP contribution < -0.4 is 0 Å². The van der Waals surface area contributed by atoms with Crippen LogP contribution in [0.1, 0.15) is 18.9 Å². The number of allylic oxidation sites excluding steroid dienone is 1. The van der Waals surface area contributed by atoms with Gasteiger partial charge in [-0.1, -0.05) is 43.3 Å². The minimum atomic E-state index is 0.960. The molecule has 0 spiro atoms. The zero-order chi connectivity index (χ0) is 9.36. The highest BCUT2D eigenvalue weighted by molar-refractivity contribution is 5.57. The Morgan fingerprint density at radius 2 is 2.00 bits per heavy atom. The van der Waals surface area contributed by atoms with Crippen molar-refractivity contribution in [1.82, 2.24) is 0 Å². The second kappa shape index (κ2) is 6.18. The van der Waals surface area contributed by atoms with E-state index in [1.807, 2.05) is 18.5 Å². The van der Waals surface area contributed by atoms with Gasteiger partial charge in [0.05, 0.1) is 0 Å². The highest BCUT2D eigenvalue weighted by atomic mass is 14.7. The molecule has 0 saturated heterocycles. The Kier molecular flexibility index (Phi) is 4.62. The van der Waals surface area contributed by atoms with Gasteiger partial charge >= 0.3 is 0 Å². The Morgan fingerprint density at radius 1 is 1.23 bits per heavy atom. The summed E-state index contributed by atoms with van der Waals surface area (Å²) >= 11 is 0. The van der Waals surface area contributed by atoms with Crippen LogP contribution in [0.2, 0.25) is 0 Å². The van der Waals surface area contributed by atoms with E-state index in [0.29, 0.717) is 0 Å². The molecule has 0 aromatic heterocycles. The first-order chi connectivity index (χ1) is 6.43. The molecule has 0 radical (unpaired) electrons. The van der Waals surface area contributed by atoms with Crippen LogP contribution in [0.3, 0.4) is 0 Å². The minimum absolute atomic E-state index is 0.960. The Morgan fingerprint density at radius 3 is 2.69 bits per heavy atom. The fourth-order valence-corrected chi connectivity index (χ4v) is 1.03. The van der Waals surface area contributed by atoms with Crippen LogP contribution in [-0.2, 0) is 6.42 Å². The van der Waals surface area contributed by atoms with Gasteiger partial charge in [0, 0.05) is 12.4 Å². The van der Waals surface area contributed by atoms with Crippen LogP contribution in [0.4, 0.5) is 0 Å². The number of aliphatic imine (C=N–C) groups is 1. The topological polar surface area (TPSA) is 12.4 Å². The lowest BCUT2D eigenvalue weighted by Crippen LogP contribution is -1.77. The molecular weight excluding hydrogens is 158 g/mol. The van der Waals surface area contributed by atoms with Crippen LogP contribution in [-0.4, -0.2) is 6.21 Å². The first-order valence-corrected chi connectivity index (χ1v) is 4.64. The molecular formula is C12H15N. The van der Waals surface area contributed by atoms with Crippen molar-refractivity contribution in [2.24, 2.45) is 4.99 Å². The van der Waals surface area contributed by atoms with Gasteiger partial charge in [-0.25, -0.2) is 0 Å². The van der Waals surface area contributed by atoms with Crippen molar-refractivity contribution < 1.29 is 0 Å². The average Bonchev–Trinajstić information content (AvgIpc) is 2.19. The standard InChI is InChI=1S/C12H15N/c1-2-10-13-11-6-9-12-7-4-3-5-8-12/h3-8,10-11H,2,9H2,1H3. The molecule has 1 heteroatoms. The lowest BCUT2D eigenvalue weighted by Gasteiger charge is -1.92. The van der Waals surface area contributed by atoms with E-state index in [0.717, 1.165) is 12.8 Å². The van der Waals surface area contributed by atoms with Crippen LogP contribution in [0, 0.1) is 0 Å². The van der Waals surface area contributed by atoms with Crippen molar-refractivity contribution in [3.63, 3.8) is 0 Å². The zero-order valence-electron chi connectivity index (χ0n) is 7.98. The number of hydrogen-bond donors (Lipinski definition) is 0. The van der Waals surface area contributed by atoms with Crippen molar-refractivity contribution in [1.29, 1.82) is 0 Å². The summed E-state index contributed by atoms with van der Waals surface area (Å²) in [4.78, 5) is 4.10. The third-order valence-corrected chi connectivity index (χ3v) is 1.68. The molecule has 0 heterocycles. The van der Waals surface area contributed by atoms with E-state index >= 15 is 0 Å². The Bertz CT molecular complexity index is 272. The summed E-state index contributed by atoms with van der Waals surface area (Å²) < 4.78 is 0. The summed E-state index contributed by atoms with van der Waals surface area (Å²) in [5.74, 6) is 0. The highest BCUT2D eigenvalue weighted by Crippen LogP contribution is 1.99. The molecule has 0 aliphatic heterocycles. The molecule has 0 unspecified atom stereocenters. The van der Waals surface area contributed by atoms with Gasteiger partial charge in [0.1, 0.15) is 0 Å². The molecule has 0 bridgehead atoms. The van der Waals surface area contributed by atoms with Crippen LogP contribution >= 0.6 is 0 Å². The van der Waals surface area contributed by atoms with E-state index in [2.05, 4.69) is 42.3 Å². The molecule has 1 aromatic carbocycles. The maximum absolute atomic E-state index is 4.10. The Hall–Kier alpha value is -1.37. The largest absolute Gasteiger partial charge is 0.269 e. The maximum atomic E-state index is 4.10. The molecule has 1 nitrogen and oxygen atoms in total. The van der Waals surface area contributed by atoms with Gasteiger partial charge in [-0.05, 0) is 18.4 Å². The monoisotopic (exact) mass is 173 g/mol. The predicted molar refractivity (Wildman–Crippen MR) is 58.1 cm³/mol. The maximum Gasteiger partial charge on any atom is 0.0227 e. The third-order valence-electron chi connectivity index (χ3n) is 1.68. The summed E-state index contributed by atoms with van der Waals surface area (Å²) in [6.45, 7) is 2.08. The summed E-state index contributed by atoms with van der Waals surface area (Å²) in [6, 6.07) is 10.4. The van der Waals surface area contributed by atoms with Gasteiger partial charge in [-0.3, -0.25) is 4.99 Å². The van der Waals surface area contributed by atoms with E-state index in [9.17, 15) is 0 Å². The second-order valence-electron chi connectivity index (χ2n) is 2.81. The molecule has 68 valence electrons. The van der Waals surface area contributed by atoms with Crippen molar-refractivity contribution in [3.8, 4) is 0 Å². The molecule has 0 amide bonds. The minimum Gasteiger partial charge on any atom is -0.269 e. The molecule has 0 fully saturated rings. The summed E-state index contributed by atoms with van der Waals surface area (Å²) in [6.07, 6.45) is 7.79. The van der Waals surface area contributed by atoms with E-state index in [1.54, 1.807) is 0 Å². The fraction of sp³-hybridized carbons (Fsp3) is 0.250. The number of rotatable bonds is 4. The van der Waals surface area contributed by atoms with Crippen molar-refractivity contribution >= 4 is 6.21 Å². The average molecular weight is 173 g/mol. The molecule has 13 heavy (non-hydrogen) atoms. The van der Waals surface area contributed by atoms with Crippen molar-refractivity contribution in [2.75, 3.05) is 0 Å². The summed E-state index contributed by atoms with van der Waals surface area (Å²) in [7, 11) is 0. The number of nitrogens with zero attached hydrogens (tertiary/aromatic N) is 1. The van der Waals surface area contributed by atoms with Gasteiger partial charge in [0.15, 0.2) is 0 Å². The number of hydrogen-bond acceptors (Lipinski definition) is 1. The Labute approximate surface area is 79.8 Å². The highest BCUT2D eigenvalue weighted by Gasteiger charge is 1.83. The molecule has 0 saturated carbocycles. The first-order valence-electron chi connectivity index (χ1n) is 4.64. The van der Waals surface area contributed by atoms with Crippen molar-refractivity contribution in [2.45, 2.75) is 19.8 Å². The lowest BCUT2D eigenvalue weighted by atomic mass is 10.1. The quantitative estimate of drug-likeness (QED) is 0.620. The summed E-state index contributed by atoms with van der Waals surface area (Å²) in [5, 5.41) is 0. The van der Waals surface area contributed by atoms with E-state index < -0.39 is 0 Å². The molecule has 0 aliphatic carbocycles. The first kappa shape index (κ1) is 9.72. The SMILES string of the molecule is CCC=NC=CCc1ccccc1. The molecule has 1 aromatic rings. The van der Waals surface area contributed by atoms with E-state index in [-0.39, 0.29) is 0 Å². The number of benzene rings is 1. The lowest BCUT2D eigenvalue weighted by molar-refractivity contribution is 1.25. The Balaban J connectivity index is 2.35. The second-order valence-corrected chi connectivity index (χ2v) is 2.81. The normalized spacial score (nSPS) is 11.5. The predicted octanol–water partition coefficient (Wildman–Crippen LogP) is 3.22. The van der Waals surface area contributed by atoms with Gasteiger partial charge in [0.2, 0.25) is 0 Å². The van der Waals surface area contributed by atoms with Gasteiger partial charge in [-0.2, -0.15) is 0 Å². The molecule has 0 N–H and O–H groups in total. The van der Waals surface area contributed by atoms with Crippen molar-refractivity contribution in [3.05, 3.63) is 48.2 Å². The van der Waals surface area contributed by atoms with Crippen LogP contribution in [0.5, 0.6) is 0 Å². The molecule has 0 aliphatic rings. The van der Waals surface area contributed by atoms with E-state index in [1.165, 1.54) is 5.56 Å². The zero-order valence-corrected chi connectivity index (χ0v) is 7.98.